The third-order valence-corrected chi connectivity index (χ3v) is 5.14. The molecule has 3 aromatic rings. The molecule has 0 saturated carbocycles. The van der Waals surface area contributed by atoms with E-state index in [2.05, 4.69) is 21.9 Å². The zero-order valence-electron chi connectivity index (χ0n) is 18.4. The summed E-state index contributed by atoms with van der Waals surface area (Å²) in [5.41, 5.74) is 2.85. The van der Waals surface area contributed by atoms with Crippen molar-refractivity contribution < 1.29 is 9.53 Å². The molecule has 0 radical (unpaired) electrons. The summed E-state index contributed by atoms with van der Waals surface area (Å²) in [7, 11) is 1.88. The van der Waals surface area contributed by atoms with Crippen molar-refractivity contribution in [3.63, 3.8) is 0 Å². The number of amides is 1. The summed E-state index contributed by atoms with van der Waals surface area (Å²) < 4.78 is 7.23. The van der Waals surface area contributed by atoms with E-state index in [-0.39, 0.29) is 12.0 Å². The molecule has 0 aliphatic carbocycles. The third kappa shape index (κ3) is 5.02. The normalized spacial score (nSPS) is 14.9. The molecule has 31 heavy (non-hydrogen) atoms. The van der Waals surface area contributed by atoms with Gasteiger partial charge in [-0.15, -0.1) is 0 Å². The number of carbonyl (C=O) groups is 1. The molecule has 0 N–H and O–H groups in total. The van der Waals surface area contributed by atoms with Crippen LogP contribution >= 0.6 is 0 Å². The van der Waals surface area contributed by atoms with E-state index in [0.29, 0.717) is 13.1 Å². The quantitative estimate of drug-likeness (QED) is 0.559. The van der Waals surface area contributed by atoms with Gasteiger partial charge < -0.3 is 9.64 Å². The molecule has 4 heterocycles. The van der Waals surface area contributed by atoms with E-state index in [1.165, 1.54) is 0 Å². The molecular formula is C24H27N5O2. The summed E-state index contributed by atoms with van der Waals surface area (Å²) >= 11 is 0. The van der Waals surface area contributed by atoms with Gasteiger partial charge in [-0.3, -0.25) is 9.67 Å². The molecule has 0 aromatic carbocycles. The fourth-order valence-electron chi connectivity index (χ4n) is 3.58. The maximum atomic E-state index is 12.3. The number of ether oxygens (including phenoxy) is 1. The zero-order valence-corrected chi connectivity index (χ0v) is 18.4. The minimum absolute atomic E-state index is 0.217. The van der Waals surface area contributed by atoms with Gasteiger partial charge in [-0.2, -0.15) is 5.10 Å². The molecule has 7 heteroatoms. The largest absolute Gasteiger partial charge is 0.444 e. The van der Waals surface area contributed by atoms with Crippen LogP contribution in [0.25, 0.3) is 22.2 Å². The zero-order chi connectivity index (χ0) is 22.0. The number of rotatable bonds is 1. The van der Waals surface area contributed by atoms with Gasteiger partial charge in [-0.25, -0.2) is 9.78 Å². The molecule has 0 unspecified atom stereocenters. The smallest absolute Gasteiger partial charge is 0.410 e. The van der Waals surface area contributed by atoms with E-state index in [1.807, 2.05) is 52.2 Å². The Morgan fingerprint density at radius 2 is 2.03 bits per heavy atom. The number of fused-ring (bicyclic) bond motifs is 1. The molecule has 0 spiro atoms. The van der Waals surface area contributed by atoms with Gasteiger partial charge in [0.2, 0.25) is 0 Å². The molecule has 4 rings (SSSR count). The van der Waals surface area contributed by atoms with Crippen LogP contribution in [0.2, 0.25) is 0 Å². The van der Waals surface area contributed by atoms with Gasteiger partial charge in [0.15, 0.2) is 0 Å². The van der Waals surface area contributed by atoms with E-state index in [4.69, 9.17) is 9.72 Å². The summed E-state index contributed by atoms with van der Waals surface area (Å²) in [6.45, 7) is 6.96. The second kappa shape index (κ2) is 8.38. The molecule has 1 aliphatic rings. The van der Waals surface area contributed by atoms with Gasteiger partial charge in [0.1, 0.15) is 11.3 Å². The lowest BCUT2D eigenvalue weighted by atomic mass is 9.97. The van der Waals surface area contributed by atoms with Crippen LogP contribution in [0.3, 0.4) is 0 Å². The van der Waals surface area contributed by atoms with Gasteiger partial charge >= 0.3 is 6.09 Å². The average molecular weight is 418 g/mol. The van der Waals surface area contributed by atoms with E-state index < -0.39 is 5.60 Å². The van der Waals surface area contributed by atoms with Crippen LogP contribution in [0, 0.1) is 17.8 Å². The summed E-state index contributed by atoms with van der Waals surface area (Å²) in [6.07, 6.45) is 6.90. The van der Waals surface area contributed by atoms with Crippen molar-refractivity contribution in [2.45, 2.75) is 39.2 Å². The Morgan fingerprint density at radius 3 is 2.71 bits per heavy atom. The van der Waals surface area contributed by atoms with Crippen LogP contribution in [0.5, 0.6) is 0 Å². The lowest BCUT2D eigenvalue weighted by Crippen LogP contribution is -2.41. The maximum absolute atomic E-state index is 12.3. The third-order valence-electron chi connectivity index (χ3n) is 5.14. The van der Waals surface area contributed by atoms with E-state index in [0.717, 1.165) is 40.7 Å². The number of piperidine rings is 1. The van der Waals surface area contributed by atoms with E-state index in [9.17, 15) is 4.79 Å². The Labute approximate surface area is 182 Å². The first-order chi connectivity index (χ1) is 14.8. The highest BCUT2D eigenvalue weighted by molar-refractivity contribution is 5.86. The number of nitrogens with zero attached hydrogens (tertiary/aromatic N) is 5. The van der Waals surface area contributed by atoms with Crippen molar-refractivity contribution in [3.05, 3.63) is 42.5 Å². The number of hydrogen-bond donors (Lipinski definition) is 0. The summed E-state index contributed by atoms with van der Waals surface area (Å²) in [5.74, 6) is 6.89. The van der Waals surface area contributed by atoms with Crippen molar-refractivity contribution in [1.82, 2.24) is 24.6 Å². The highest BCUT2D eigenvalue weighted by Gasteiger charge is 2.26. The highest BCUT2D eigenvalue weighted by atomic mass is 16.6. The predicted molar refractivity (Wildman–Crippen MR) is 119 cm³/mol. The monoisotopic (exact) mass is 417 g/mol. The van der Waals surface area contributed by atoms with Gasteiger partial charge in [0, 0.05) is 49.4 Å². The second-order valence-corrected chi connectivity index (χ2v) is 8.84. The first-order valence-electron chi connectivity index (χ1n) is 10.5. The van der Waals surface area contributed by atoms with Crippen LogP contribution in [0.15, 0.2) is 36.8 Å². The number of hydrogen-bond acceptors (Lipinski definition) is 5. The molecule has 1 saturated heterocycles. The fraction of sp³-hybridized carbons (Fsp3) is 0.417. The number of likely N-dealkylation sites (tertiary alicyclic amines) is 1. The van der Waals surface area contributed by atoms with Gasteiger partial charge in [-0.1, -0.05) is 5.92 Å². The predicted octanol–water partition coefficient (Wildman–Crippen LogP) is 4.03. The minimum atomic E-state index is -0.478. The molecule has 7 nitrogen and oxygen atoms in total. The summed E-state index contributed by atoms with van der Waals surface area (Å²) in [6, 6.07) is 5.87. The number of pyridine rings is 2. The lowest BCUT2D eigenvalue weighted by molar-refractivity contribution is 0.0199. The number of aromatic nitrogens is 4. The minimum Gasteiger partial charge on any atom is -0.444 e. The maximum Gasteiger partial charge on any atom is 0.410 e. The SMILES string of the molecule is Cn1cc(-c2cc3ncccc3c(C#CC3CCN(C(=O)OC(C)(C)C)CC3)n2)cn1. The molecular weight excluding hydrogens is 390 g/mol. The Hall–Kier alpha value is -3.40. The van der Waals surface area contributed by atoms with E-state index in [1.54, 1.807) is 22.0 Å². The Morgan fingerprint density at radius 1 is 1.26 bits per heavy atom. The molecule has 1 fully saturated rings. The number of carbonyl (C=O) groups excluding carboxylic acids is 1. The standard InChI is InChI=1S/C24H27N5O2/c1-24(2,3)31-23(30)29-12-9-17(10-13-29)7-8-20-19-6-5-11-25-22(19)14-21(27-20)18-15-26-28(4)16-18/h5-6,11,14-17H,9-10,12-13H2,1-4H3. The molecule has 0 atom stereocenters. The average Bonchev–Trinajstić information content (AvgIpc) is 3.17. The van der Waals surface area contributed by atoms with Crippen LogP contribution in [-0.4, -0.2) is 49.4 Å². The van der Waals surface area contributed by atoms with Gasteiger partial charge in [0.25, 0.3) is 0 Å². The van der Waals surface area contributed by atoms with Crippen molar-refractivity contribution in [3.8, 4) is 23.1 Å². The summed E-state index contributed by atoms with van der Waals surface area (Å²) in [5, 5.41) is 5.18. The first kappa shape index (κ1) is 20.9. The molecule has 1 aliphatic heterocycles. The second-order valence-electron chi connectivity index (χ2n) is 8.84. The highest BCUT2D eigenvalue weighted by Crippen LogP contribution is 2.24. The molecule has 160 valence electrons. The van der Waals surface area contributed by atoms with Crippen LogP contribution in [0.4, 0.5) is 4.79 Å². The first-order valence-corrected chi connectivity index (χ1v) is 10.5. The van der Waals surface area contributed by atoms with Crippen molar-refractivity contribution in [2.75, 3.05) is 13.1 Å². The van der Waals surface area contributed by atoms with Crippen molar-refractivity contribution >= 4 is 17.0 Å². The number of aryl methyl sites for hydroxylation is 1. The van der Waals surface area contributed by atoms with Gasteiger partial charge in [-0.05, 0) is 57.7 Å². The molecule has 3 aromatic heterocycles. The van der Waals surface area contributed by atoms with Crippen LogP contribution in [-0.2, 0) is 11.8 Å². The van der Waals surface area contributed by atoms with E-state index >= 15 is 0 Å². The Kier molecular flexibility index (Phi) is 5.64. The topological polar surface area (TPSA) is 73.1 Å². The Bertz CT molecular complexity index is 1160. The van der Waals surface area contributed by atoms with Crippen molar-refractivity contribution in [1.29, 1.82) is 0 Å². The van der Waals surface area contributed by atoms with Crippen LogP contribution in [0.1, 0.15) is 39.3 Å². The molecule has 0 bridgehead atoms. The van der Waals surface area contributed by atoms with Gasteiger partial charge in [0.05, 0.1) is 17.4 Å². The van der Waals surface area contributed by atoms with Crippen molar-refractivity contribution in [2.24, 2.45) is 13.0 Å². The summed E-state index contributed by atoms with van der Waals surface area (Å²) in [4.78, 5) is 23.3. The molecule has 1 amide bonds. The lowest BCUT2D eigenvalue weighted by Gasteiger charge is -2.31. The Balaban J connectivity index is 1.53. The fourth-order valence-corrected chi connectivity index (χ4v) is 3.58. The van der Waals surface area contributed by atoms with Crippen LogP contribution < -0.4 is 0 Å².